The van der Waals surface area contributed by atoms with Crippen molar-refractivity contribution in [1.29, 1.82) is 0 Å². The number of piperazine rings is 1. The molecule has 2 saturated carbocycles. The summed E-state index contributed by atoms with van der Waals surface area (Å²) in [5.74, 6) is 0. The maximum atomic E-state index is 3.94. The summed E-state index contributed by atoms with van der Waals surface area (Å²) in [6.07, 6.45) is 8.57. The fraction of sp³-hybridized carbons (Fsp3) is 1.00. The first-order valence-corrected chi connectivity index (χ1v) is 6.62. The van der Waals surface area contributed by atoms with Gasteiger partial charge in [0.25, 0.3) is 0 Å². The molecule has 1 aliphatic heterocycles. The minimum absolute atomic E-state index is 0.325. The Morgan fingerprint density at radius 1 is 1.07 bits per heavy atom. The van der Waals surface area contributed by atoms with E-state index < -0.39 is 0 Å². The lowest BCUT2D eigenvalue weighted by Gasteiger charge is -2.50. The van der Waals surface area contributed by atoms with Crippen LogP contribution in [-0.2, 0) is 0 Å². The zero-order valence-electron chi connectivity index (χ0n) is 10.2. The third kappa shape index (κ3) is 1.94. The normalized spacial score (nSPS) is 34.8. The molecule has 2 aliphatic carbocycles. The Morgan fingerprint density at radius 3 is 2.33 bits per heavy atom. The van der Waals surface area contributed by atoms with E-state index in [1.165, 1.54) is 51.6 Å². The highest BCUT2D eigenvalue weighted by Gasteiger charge is 2.47. The third-order valence-corrected chi connectivity index (χ3v) is 4.33. The van der Waals surface area contributed by atoms with E-state index in [4.69, 9.17) is 0 Å². The van der Waals surface area contributed by atoms with Crippen molar-refractivity contribution >= 4 is 0 Å². The summed E-state index contributed by atoms with van der Waals surface area (Å²) < 4.78 is 0. The molecule has 3 rings (SSSR count). The van der Waals surface area contributed by atoms with Gasteiger partial charge in [-0.3, -0.25) is 4.90 Å². The van der Waals surface area contributed by atoms with Crippen LogP contribution in [-0.4, -0.2) is 35.1 Å². The van der Waals surface area contributed by atoms with Crippen LogP contribution in [0.2, 0.25) is 0 Å². The van der Waals surface area contributed by atoms with Crippen LogP contribution < -0.4 is 5.32 Å². The quantitative estimate of drug-likeness (QED) is 0.710. The summed E-state index contributed by atoms with van der Waals surface area (Å²) in [7, 11) is 0. The minimum atomic E-state index is 0.325. The van der Waals surface area contributed by atoms with Gasteiger partial charge < -0.3 is 5.32 Å². The summed E-state index contributed by atoms with van der Waals surface area (Å²) in [4.78, 5) is 2.77. The number of nitrogens with zero attached hydrogens (tertiary/aromatic N) is 1. The molecule has 0 unspecified atom stereocenters. The van der Waals surface area contributed by atoms with Crippen LogP contribution in [0.1, 0.15) is 52.4 Å². The van der Waals surface area contributed by atoms with Gasteiger partial charge in [-0.1, -0.05) is 12.8 Å². The highest BCUT2D eigenvalue weighted by Crippen LogP contribution is 2.39. The van der Waals surface area contributed by atoms with Crippen molar-refractivity contribution in [3.8, 4) is 0 Å². The molecule has 0 aromatic heterocycles. The maximum Gasteiger partial charge on any atom is 0.0314 e. The van der Waals surface area contributed by atoms with E-state index in [0.717, 1.165) is 6.04 Å². The van der Waals surface area contributed by atoms with Gasteiger partial charge in [-0.25, -0.2) is 0 Å². The predicted molar refractivity (Wildman–Crippen MR) is 63.0 cm³/mol. The van der Waals surface area contributed by atoms with Gasteiger partial charge in [0, 0.05) is 30.2 Å². The average molecular weight is 208 g/mol. The zero-order valence-corrected chi connectivity index (χ0v) is 10.2. The second-order valence-corrected chi connectivity index (χ2v) is 6.63. The van der Waals surface area contributed by atoms with Crippen LogP contribution in [0.25, 0.3) is 0 Å². The number of nitrogens with one attached hydrogen (secondary N) is 1. The second-order valence-electron chi connectivity index (χ2n) is 6.63. The molecule has 0 aromatic rings. The van der Waals surface area contributed by atoms with E-state index in [-0.39, 0.29) is 0 Å². The molecule has 86 valence electrons. The van der Waals surface area contributed by atoms with Gasteiger partial charge in [0.05, 0.1) is 0 Å². The first kappa shape index (κ1) is 10.1. The van der Waals surface area contributed by atoms with Crippen LogP contribution in [0, 0.1) is 0 Å². The standard InChI is InChI=1S/C13H24N2/c1-12(2)9-15(11-5-6-11)10-13(14-12)7-3-4-8-13/h11,14H,3-10H2,1-2H3. The van der Waals surface area contributed by atoms with Gasteiger partial charge in [-0.15, -0.1) is 0 Å². The molecule has 0 aromatic carbocycles. The molecule has 1 spiro atoms. The highest BCUT2D eigenvalue weighted by atomic mass is 15.3. The monoisotopic (exact) mass is 208 g/mol. The minimum Gasteiger partial charge on any atom is -0.304 e. The first-order valence-electron chi connectivity index (χ1n) is 6.62. The molecule has 3 fully saturated rings. The molecular formula is C13H24N2. The van der Waals surface area contributed by atoms with Crippen molar-refractivity contribution in [2.75, 3.05) is 13.1 Å². The fourth-order valence-corrected chi connectivity index (χ4v) is 3.78. The topological polar surface area (TPSA) is 15.3 Å². The van der Waals surface area contributed by atoms with E-state index in [1.54, 1.807) is 0 Å². The first-order chi connectivity index (χ1) is 7.09. The van der Waals surface area contributed by atoms with Crippen molar-refractivity contribution in [3.63, 3.8) is 0 Å². The summed E-state index contributed by atoms with van der Waals surface area (Å²) in [6, 6.07) is 0.934. The number of hydrogen-bond acceptors (Lipinski definition) is 2. The Morgan fingerprint density at radius 2 is 1.73 bits per heavy atom. The van der Waals surface area contributed by atoms with Crippen molar-refractivity contribution in [2.24, 2.45) is 0 Å². The lowest BCUT2D eigenvalue weighted by molar-refractivity contribution is 0.0569. The lowest BCUT2D eigenvalue weighted by Crippen LogP contribution is -2.68. The molecule has 0 atom stereocenters. The Balaban J connectivity index is 1.78. The summed E-state index contributed by atoms with van der Waals surface area (Å²) in [6.45, 7) is 7.32. The van der Waals surface area contributed by atoms with Crippen molar-refractivity contribution < 1.29 is 0 Å². The molecule has 0 amide bonds. The third-order valence-electron chi connectivity index (χ3n) is 4.33. The van der Waals surface area contributed by atoms with Gasteiger partial charge in [0.1, 0.15) is 0 Å². The molecule has 0 bridgehead atoms. The summed E-state index contributed by atoms with van der Waals surface area (Å²) in [5, 5.41) is 3.94. The average Bonchev–Trinajstić information content (AvgIpc) is 2.88. The lowest BCUT2D eigenvalue weighted by atomic mass is 9.87. The molecule has 1 saturated heterocycles. The predicted octanol–water partition coefficient (Wildman–Crippen LogP) is 2.15. The Kier molecular flexibility index (Phi) is 2.16. The number of rotatable bonds is 1. The van der Waals surface area contributed by atoms with Crippen LogP contribution in [0.3, 0.4) is 0 Å². The molecule has 2 nitrogen and oxygen atoms in total. The van der Waals surface area contributed by atoms with Crippen LogP contribution in [0.5, 0.6) is 0 Å². The van der Waals surface area contributed by atoms with Gasteiger partial charge in [0.15, 0.2) is 0 Å². The van der Waals surface area contributed by atoms with E-state index in [9.17, 15) is 0 Å². The summed E-state index contributed by atoms with van der Waals surface area (Å²) in [5.41, 5.74) is 0.801. The van der Waals surface area contributed by atoms with E-state index in [2.05, 4.69) is 24.1 Å². The summed E-state index contributed by atoms with van der Waals surface area (Å²) >= 11 is 0. The smallest absolute Gasteiger partial charge is 0.0314 e. The SMILES string of the molecule is CC1(C)CN(C2CC2)CC2(CCCC2)N1. The molecular weight excluding hydrogens is 184 g/mol. The van der Waals surface area contributed by atoms with Crippen molar-refractivity contribution in [2.45, 2.75) is 69.5 Å². The Hall–Kier alpha value is -0.0800. The van der Waals surface area contributed by atoms with Crippen LogP contribution >= 0.6 is 0 Å². The van der Waals surface area contributed by atoms with E-state index in [0.29, 0.717) is 11.1 Å². The Bertz CT molecular complexity index is 249. The van der Waals surface area contributed by atoms with E-state index >= 15 is 0 Å². The van der Waals surface area contributed by atoms with Gasteiger partial charge in [-0.2, -0.15) is 0 Å². The molecule has 15 heavy (non-hydrogen) atoms. The Labute approximate surface area is 93.4 Å². The molecule has 1 heterocycles. The maximum absolute atomic E-state index is 3.94. The van der Waals surface area contributed by atoms with Gasteiger partial charge >= 0.3 is 0 Å². The van der Waals surface area contributed by atoms with Crippen molar-refractivity contribution in [3.05, 3.63) is 0 Å². The zero-order chi connectivity index (χ0) is 10.5. The largest absolute Gasteiger partial charge is 0.304 e. The van der Waals surface area contributed by atoms with Gasteiger partial charge in [-0.05, 0) is 39.5 Å². The van der Waals surface area contributed by atoms with Crippen LogP contribution in [0.4, 0.5) is 0 Å². The molecule has 2 heteroatoms. The fourth-order valence-electron chi connectivity index (χ4n) is 3.78. The van der Waals surface area contributed by atoms with Gasteiger partial charge in [0.2, 0.25) is 0 Å². The second kappa shape index (κ2) is 3.21. The van der Waals surface area contributed by atoms with E-state index in [1.807, 2.05) is 0 Å². The molecule has 0 radical (unpaired) electrons. The van der Waals surface area contributed by atoms with Crippen molar-refractivity contribution in [1.82, 2.24) is 10.2 Å². The highest BCUT2D eigenvalue weighted by molar-refractivity contribution is 5.07. The van der Waals surface area contributed by atoms with Crippen LogP contribution in [0.15, 0.2) is 0 Å². The number of hydrogen-bond donors (Lipinski definition) is 1. The molecule has 1 N–H and O–H groups in total. The molecule has 3 aliphatic rings.